The molecule has 0 N–H and O–H groups in total. The topological polar surface area (TPSA) is 56.0 Å². The molecular weight excluding hydrogens is 302 g/mol. The molecule has 3 heterocycles. The van der Waals surface area contributed by atoms with Crippen molar-refractivity contribution in [3.05, 3.63) is 46.1 Å². The van der Waals surface area contributed by atoms with Crippen molar-refractivity contribution >= 4 is 0 Å². The Bertz CT molecular complexity index is 749. The lowest BCUT2D eigenvalue weighted by atomic mass is 9.92. The van der Waals surface area contributed by atoms with Crippen molar-refractivity contribution in [2.24, 2.45) is 5.92 Å². The minimum Gasteiger partial charge on any atom is -0.301 e. The molecule has 0 atom stereocenters. The van der Waals surface area contributed by atoms with E-state index >= 15 is 0 Å². The first-order valence-corrected chi connectivity index (χ1v) is 8.61. The third kappa shape index (κ3) is 3.93. The van der Waals surface area contributed by atoms with E-state index in [-0.39, 0.29) is 11.0 Å². The largest absolute Gasteiger partial charge is 0.301 e. The summed E-state index contributed by atoms with van der Waals surface area (Å²) < 4.78 is 3.63. The van der Waals surface area contributed by atoms with E-state index < -0.39 is 0 Å². The van der Waals surface area contributed by atoms with Gasteiger partial charge >= 0.3 is 0 Å². The first kappa shape index (κ1) is 16.9. The lowest BCUT2D eigenvalue weighted by molar-refractivity contribution is 0.0791. The van der Waals surface area contributed by atoms with Gasteiger partial charge in [-0.25, -0.2) is 4.68 Å². The van der Waals surface area contributed by atoms with Crippen molar-refractivity contribution in [1.82, 2.24) is 24.5 Å². The molecular formula is C18H27N5O. The maximum absolute atomic E-state index is 12.0. The third-order valence-electron chi connectivity index (χ3n) is 4.51. The summed E-state index contributed by atoms with van der Waals surface area (Å²) in [6, 6.07) is 3.49. The van der Waals surface area contributed by atoms with E-state index in [1.807, 2.05) is 16.9 Å². The fourth-order valence-electron chi connectivity index (χ4n) is 3.03. The van der Waals surface area contributed by atoms with E-state index in [2.05, 4.69) is 49.0 Å². The Hall–Kier alpha value is -1.95. The van der Waals surface area contributed by atoms with Crippen LogP contribution >= 0.6 is 0 Å². The second kappa shape index (κ2) is 6.51. The third-order valence-corrected chi connectivity index (χ3v) is 4.51. The number of aryl methyl sites for hydroxylation is 1. The van der Waals surface area contributed by atoms with Crippen LogP contribution in [0.2, 0.25) is 0 Å². The monoisotopic (exact) mass is 329 g/mol. The van der Waals surface area contributed by atoms with Crippen molar-refractivity contribution in [1.29, 1.82) is 0 Å². The molecule has 1 aliphatic heterocycles. The van der Waals surface area contributed by atoms with E-state index in [9.17, 15) is 4.79 Å². The Morgan fingerprint density at radius 3 is 2.58 bits per heavy atom. The number of aromatic nitrogens is 4. The molecule has 6 heteroatoms. The van der Waals surface area contributed by atoms with E-state index in [4.69, 9.17) is 0 Å². The average Bonchev–Trinajstić information content (AvgIpc) is 2.87. The second-order valence-electron chi connectivity index (χ2n) is 7.90. The lowest BCUT2D eigenvalue weighted by Gasteiger charge is -2.39. The Balaban J connectivity index is 1.51. The zero-order valence-electron chi connectivity index (χ0n) is 15.1. The minimum atomic E-state index is -0.0387. The predicted octanol–water partition coefficient (Wildman–Crippen LogP) is 1.68. The van der Waals surface area contributed by atoms with Crippen molar-refractivity contribution in [3.8, 4) is 0 Å². The Morgan fingerprint density at radius 1 is 1.21 bits per heavy atom. The average molecular weight is 329 g/mol. The van der Waals surface area contributed by atoms with Crippen LogP contribution in [0.15, 0.2) is 29.3 Å². The molecule has 3 rings (SSSR count). The van der Waals surface area contributed by atoms with Gasteiger partial charge in [0.25, 0.3) is 5.56 Å². The van der Waals surface area contributed by atoms with E-state index in [1.54, 1.807) is 10.7 Å². The van der Waals surface area contributed by atoms with E-state index in [0.717, 1.165) is 31.9 Å². The highest BCUT2D eigenvalue weighted by molar-refractivity contribution is 5.10. The maximum Gasteiger partial charge on any atom is 0.266 e. The van der Waals surface area contributed by atoms with E-state index in [0.29, 0.717) is 12.5 Å². The molecule has 2 aromatic rings. The molecule has 0 amide bonds. The highest BCUT2D eigenvalue weighted by atomic mass is 16.1. The quantitative estimate of drug-likeness (QED) is 0.837. The molecule has 0 saturated carbocycles. The first-order valence-electron chi connectivity index (χ1n) is 8.61. The van der Waals surface area contributed by atoms with Crippen LogP contribution in [0.3, 0.4) is 0 Å². The molecule has 24 heavy (non-hydrogen) atoms. The van der Waals surface area contributed by atoms with Gasteiger partial charge in [-0.3, -0.25) is 9.48 Å². The first-order chi connectivity index (χ1) is 11.3. The molecule has 0 aromatic carbocycles. The number of hydrogen-bond donors (Lipinski definition) is 0. The van der Waals surface area contributed by atoms with Crippen LogP contribution in [0.25, 0.3) is 0 Å². The van der Waals surface area contributed by atoms with Crippen LogP contribution in [0.1, 0.15) is 32.0 Å². The predicted molar refractivity (Wildman–Crippen MR) is 94.1 cm³/mol. The molecule has 6 nitrogen and oxygen atoms in total. The number of nitrogens with zero attached hydrogens (tertiary/aromatic N) is 5. The van der Waals surface area contributed by atoms with Crippen molar-refractivity contribution in [2.75, 3.05) is 19.6 Å². The zero-order chi connectivity index (χ0) is 17.3. The SMILES string of the molecule is Cc1cnn(CCN2CC(Cn3nc(C(C)(C)C)ccc3=O)C2)c1. The smallest absolute Gasteiger partial charge is 0.266 e. The fourth-order valence-corrected chi connectivity index (χ4v) is 3.03. The molecule has 130 valence electrons. The van der Waals surface area contributed by atoms with Crippen LogP contribution < -0.4 is 5.56 Å². The summed E-state index contributed by atoms with van der Waals surface area (Å²) in [5.74, 6) is 0.504. The molecule has 0 unspecified atom stereocenters. The van der Waals surface area contributed by atoms with Crippen LogP contribution in [-0.4, -0.2) is 44.1 Å². The summed E-state index contributed by atoms with van der Waals surface area (Å²) in [7, 11) is 0. The standard InChI is InChI=1S/C18H27N5O/c1-14-9-19-22(10-14)8-7-21-11-15(12-21)13-23-17(24)6-5-16(20-23)18(2,3)4/h5-6,9-10,15H,7-8,11-13H2,1-4H3. The molecule has 1 saturated heterocycles. The summed E-state index contributed by atoms with van der Waals surface area (Å²) >= 11 is 0. The summed E-state index contributed by atoms with van der Waals surface area (Å²) in [4.78, 5) is 14.4. The highest BCUT2D eigenvalue weighted by Crippen LogP contribution is 2.20. The van der Waals surface area contributed by atoms with Crippen LogP contribution in [0.5, 0.6) is 0 Å². The number of likely N-dealkylation sites (tertiary alicyclic amines) is 1. The van der Waals surface area contributed by atoms with Gasteiger partial charge in [0.05, 0.1) is 25.0 Å². The van der Waals surface area contributed by atoms with Crippen LogP contribution in [0.4, 0.5) is 0 Å². The molecule has 0 spiro atoms. The Kier molecular flexibility index (Phi) is 4.58. The highest BCUT2D eigenvalue weighted by Gasteiger charge is 2.27. The van der Waals surface area contributed by atoms with Crippen LogP contribution in [-0.2, 0) is 18.5 Å². The molecule has 0 bridgehead atoms. The van der Waals surface area contributed by atoms with Crippen molar-refractivity contribution < 1.29 is 0 Å². The maximum atomic E-state index is 12.0. The van der Waals surface area contributed by atoms with Gasteiger partial charge in [-0.1, -0.05) is 20.8 Å². The number of rotatable bonds is 5. The van der Waals surface area contributed by atoms with E-state index in [1.165, 1.54) is 5.56 Å². The second-order valence-corrected chi connectivity index (χ2v) is 7.90. The van der Waals surface area contributed by atoms with Gasteiger partial charge in [-0.15, -0.1) is 0 Å². The molecule has 0 radical (unpaired) electrons. The van der Waals surface area contributed by atoms with Crippen LogP contribution in [0, 0.1) is 12.8 Å². The van der Waals surface area contributed by atoms with Gasteiger partial charge in [0.1, 0.15) is 0 Å². The Labute approximate surface area is 143 Å². The molecule has 2 aromatic heterocycles. The van der Waals surface area contributed by atoms with Crippen molar-refractivity contribution in [3.63, 3.8) is 0 Å². The Morgan fingerprint density at radius 2 is 1.96 bits per heavy atom. The summed E-state index contributed by atoms with van der Waals surface area (Å²) in [6.07, 6.45) is 3.96. The van der Waals surface area contributed by atoms with Gasteiger partial charge in [0.15, 0.2) is 0 Å². The lowest BCUT2D eigenvalue weighted by Crippen LogP contribution is -2.50. The summed E-state index contributed by atoms with van der Waals surface area (Å²) in [5, 5.41) is 8.87. The van der Waals surface area contributed by atoms with Crippen molar-refractivity contribution in [2.45, 2.75) is 46.2 Å². The molecule has 1 fully saturated rings. The zero-order valence-corrected chi connectivity index (χ0v) is 15.1. The van der Waals surface area contributed by atoms with Gasteiger partial charge < -0.3 is 4.90 Å². The summed E-state index contributed by atoms with van der Waals surface area (Å²) in [6.45, 7) is 13.1. The molecule has 1 aliphatic rings. The fraction of sp³-hybridized carbons (Fsp3) is 0.611. The van der Waals surface area contributed by atoms with Gasteiger partial charge in [0.2, 0.25) is 0 Å². The van der Waals surface area contributed by atoms with Gasteiger partial charge in [-0.05, 0) is 18.6 Å². The molecule has 0 aliphatic carbocycles. The van der Waals surface area contributed by atoms with Gasteiger partial charge in [-0.2, -0.15) is 10.2 Å². The number of hydrogen-bond acceptors (Lipinski definition) is 4. The summed E-state index contributed by atoms with van der Waals surface area (Å²) in [5.41, 5.74) is 2.12. The van der Waals surface area contributed by atoms with Gasteiger partial charge in [0, 0.05) is 43.2 Å². The normalized spacial score (nSPS) is 16.3. The minimum absolute atomic E-state index is 0.00605.